The van der Waals surface area contributed by atoms with Gasteiger partial charge in [-0.05, 0) is 40.0 Å². The Morgan fingerprint density at radius 2 is 1.43 bits per heavy atom. The molecule has 3 aromatic carbocycles. The van der Waals surface area contributed by atoms with Gasteiger partial charge in [0.15, 0.2) is 0 Å². The zero-order valence-electron chi connectivity index (χ0n) is 12.5. The average Bonchev–Trinajstić information content (AvgIpc) is 2.62. The molecular weight excluding hydrogens is 286 g/mol. The minimum Gasteiger partial charge on any atom is -0.258 e. The van der Waals surface area contributed by atoms with Crippen molar-refractivity contribution < 1.29 is 4.92 Å². The van der Waals surface area contributed by atoms with Gasteiger partial charge >= 0.3 is 0 Å². The number of rotatable bonds is 4. The number of nitro benzene ring substituents is 1. The molecule has 3 heteroatoms. The maximum Gasteiger partial charge on any atom is 0.269 e. The Balaban J connectivity index is 2.04. The van der Waals surface area contributed by atoms with Crippen LogP contribution in [0, 0.1) is 10.1 Å². The molecule has 112 valence electrons. The van der Waals surface area contributed by atoms with Gasteiger partial charge in [-0.15, -0.1) is 0 Å². The van der Waals surface area contributed by atoms with Crippen molar-refractivity contribution in [2.24, 2.45) is 0 Å². The molecule has 0 radical (unpaired) electrons. The summed E-state index contributed by atoms with van der Waals surface area (Å²) in [5.74, 6) is 0. The van der Waals surface area contributed by atoms with E-state index in [2.05, 4.69) is 6.58 Å². The second kappa shape index (κ2) is 6.28. The van der Waals surface area contributed by atoms with Crippen LogP contribution in [0.15, 0.2) is 85.4 Å². The summed E-state index contributed by atoms with van der Waals surface area (Å²) in [6.45, 7) is 4.22. The van der Waals surface area contributed by atoms with Crippen LogP contribution in [0.4, 0.5) is 5.69 Å². The van der Waals surface area contributed by atoms with E-state index in [-0.39, 0.29) is 5.69 Å². The third-order valence-corrected chi connectivity index (χ3v) is 3.76. The molecule has 0 spiro atoms. The third-order valence-electron chi connectivity index (χ3n) is 3.76. The molecule has 0 aliphatic carbocycles. The van der Waals surface area contributed by atoms with Gasteiger partial charge in [0.2, 0.25) is 0 Å². The van der Waals surface area contributed by atoms with Gasteiger partial charge in [-0.25, -0.2) is 0 Å². The maximum absolute atomic E-state index is 10.8. The zero-order chi connectivity index (χ0) is 16.2. The lowest BCUT2D eigenvalue weighted by Gasteiger charge is -2.12. The molecule has 3 aromatic rings. The van der Waals surface area contributed by atoms with Crippen LogP contribution in [0.1, 0.15) is 11.1 Å². The Labute approximate surface area is 134 Å². The molecule has 0 amide bonds. The van der Waals surface area contributed by atoms with E-state index in [1.54, 1.807) is 12.1 Å². The lowest BCUT2D eigenvalue weighted by molar-refractivity contribution is -0.384. The summed E-state index contributed by atoms with van der Waals surface area (Å²) in [5, 5.41) is 10.8. The zero-order valence-corrected chi connectivity index (χ0v) is 12.5. The summed E-state index contributed by atoms with van der Waals surface area (Å²) in [7, 11) is 0. The highest BCUT2D eigenvalue weighted by Crippen LogP contribution is 2.32. The van der Waals surface area contributed by atoms with Crippen LogP contribution in [0.25, 0.3) is 16.7 Å². The Morgan fingerprint density at radius 1 is 0.826 bits per heavy atom. The minimum absolute atomic E-state index is 0.0908. The first-order chi connectivity index (χ1) is 11.2. The molecule has 0 atom stereocenters. The van der Waals surface area contributed by atoms with Gasteiger partial charge in [-0.2, -0.15) is 0 Å². The minimum atomic E-state index is -0.390. The Morgan fingerprint density at radius 3 is 2.09 bits per heavy atom. The fourth-order valence-electron chi connectivity index (χ4n) is 2.56. The van der Waals surface area contributed by atoms with E-state index < -0.39 is 4.92 Å². The second-order valence-corrected chi connectivity index (χ2v) is 5.19. The number of nitro groups is 1. The molecule has 0 aliphatic heterocycles. The monoisotopic (exact) mass is 301 g/mol. The molecule has 0 N–H and O–H groups in total. The van der Waals surface area contributed by atoms with Crippen LogP contribution < -0.4 is 0 Å². The lowest BCUT2D eigenvalue weighted by Crippen LogP contribution is -1.91. The number of hydrogen-bond acceptors (Lipinski definition) is 2. The van der Waals surface area contributed by atoms with E-state index in [1.165, 1.54) is 12.1 Å². The Hall–Kier alpha value is -3.20. The number of benzene rings is 3. The van der Waals surface area contributed by atoms with Crippen molar-refractivity contribution in [3.63, 3.8) is 0 Å². The second-order valence-electron chi connectivity index (χ2n) is 5.19. The summed E-state index contributed by atoms with van der Waals surface area (Å²) >= 11 is 0. The first-order valence-electron chi connectivity index (χ1n) is 7.25. The quantitative estimate of drug-likeness (QED) is 0.483. The molecule has 0 bridgehead atoms. The van der Waals surface area contributed by atoms with Crippen LogP contribution in [0.5, 0.6) is 0 Å². The van der Waals surface area contributed by atoms with Gasteiger partial charge in [0, 0.05) is 12.1 Å². The van der Waals surface area contributed by atoms with Crippen molar-refractivity contribution in [1.29, 1.82) is 0 Å². The van der Waals surface area contributed by atoms with E-state index in [0.29, 0.717) is 0 Å². The summed E-state index contributed by atoms with van der Waals surface area (Å²) in [4.78, 5) is 10.4. The van der Waals surface area contributed by atoms with Crippen LogP contribution >= 0.6 is 0 Å². The SMILES string of the molecule is C=C(c1ccccc1)c1ccccc1-c1ccc([N+](=O)[O-])cc1. The smallest absolute Gasteiger partial charge is 0.258 e. The summed E-state index contributed by atoms with van der Waals surface area (Å²) in [6.07, 6.45) is 0. The van der Waals surface area contributed by atoms with E-state index in [4.69, 9.17) is 0 Å². The van der Waals surface area contributed by atoms with Crippen molar-refractivity contribution in [2.45, 2.75) is 0 Å². The maximum atomic E-state index is 10.8. The standard InChI is InChI=1S/C20H15NO2/c1-15(16-7-3-2-4-8-16)19-9-5-6-10-20(19)17-11-13-18(14-12-17)21(22)23/h2-14H,1H2. The summed E-state index contributed by atoms with van der Waals surface area (Å²) < 4.78 is 0. The highest BCUT2D eigenvalue weighted by Gasteiger charge is 2.11. The first-order valence-corrected chi connectivity index (χ1v) is 7.25. The van der Waals surface area contributed by atoms with Crippen LogP contribution in [0.2, 0.25) is 0 Å². The fraction of sp³-hybridized carbons (Fsp3) is 0. The normalized spacial score (nSPS) is 10.3. The largest absolute Gasteiger partial charge is 0.269 e. The molecule has 23 heavy (non-hydrogen) atoms. The van der Waals surface area contributed by atoms with E-state index >= 15 is 0 Å². The number of nitrogens with zero attached hydrogens (tertiary/aromatic N) is 1. The first kappa shape index (κ1) is 14.7. The average molecular weight is 301 g/mol. The van der Waals surface area contributed by atoms with Crippen molar-refractivity contribution >= 4 is 11.3 Å². The topological polar surface area (TPSA) is 43.1 Å². The van der Waals surface area contributed by atoms with Crippen LogP contribution in [-0.2, 0) is 0 Å². The predicted octanol–water partition coefficient (Wildman–Crippen LogP) is 5.32. The molecule has 3 nitrogen and oxygen atoms in total. The molecule has 3 rings (SSSR count). The molecule has 0 unspecified atom stereocenters. The highest BCUT2D eigenvalue weighted by molar-refractivity contribution is 5.87. The van der Waals surface area contributed by atoms with Gasteiger partial charge in [-0.1, -0.05) is 61.2 Å². The fourth-order valence-corrected chi connectivity index (χ4v) is 2.56. The molecule has 0 saturated heterocycles. The molecular formula is C20H15NO2. The van der Waals surface area contributed by atoms with Crippen molar-refractivity contribution in [2.75, 3.05) is 0 Å². The van der Waals surface area contributed by atoms with Crippen molar-refractivity contribution in [3.05, 3.63) is 107 Å². The van der Waals surface area contributed by atoms with Crippen LogP contribution in [-0.4, -0.2) is 4.92 Å². The Kier molecular flexibility index (Phi) is 4.02. The molecule has 0 heterocycles. The van der Waals surface area contributed by atoms with Crippen molar-refractivity contribution in [1.82, 2.24) is 0 Å². The summed E-state index contributed by atoms with van der Waals surface area (Å²) in [5.41, 5.74) is 5.04. The van der Waals surface area contributed by atoms with Gasteiger partial charge in [0.05, 0.1) is 4.92 Å². The van der Waals surface area contributed by atoms with E-state index in [9.17, 15) is 10.1 Å². The lowest BCUT2D eigenvalue weighted by atomic mass is 9.91. The highest BCUT2D eigenvalue weighted by atomic mass is 16.6. The predicted molar refractivity (Wildman–Crippen MR) is 93.1 cm³/mol. The number of hydrogen-bond donors (Lipinski definition) is 0. The van der Waals surface area contributed by atoms with E-state index in [0.717, 1.165) is 27.8 Å². The molecule has 0 aromatic heterocycles. The van der Waals surface area contributed by atoms with Gasteiger partial charge in [0.25, 0.3) is 5.69 Å². The van der Waals surface area contributed by atoms with Gasteiger partial charge in [0.1, 0.15) is 0 Å². The molecule has 0 fully saturated rings. The third kappa shape index (κ3) is 3.04. The Bertz CT molecular complexity index is 852. The van der Waals surface area contributed by atoms with Crippen LogP contribution in [0.3, 0.4) is 0 Å². The van der Waals surface area contributed by atoms with Gasteiger partial charge < -0.3 is 0 Å². The summed E-state index contributed by atoms with van der Waals surface area (Å²) in [6, 6.07) is 24.5. The number of non-ortho nitro benzene ring substituents is 1. The van der Waals surface area contributed by atoms with Crippen molar-refractivity contribution in [3.8, 4) is 11.1 Å². The van der Waals surface area contributed by atoms with Gasteiger partial charge in [-0.3, -0.25) is 10.1 Å². The molecule has 0 aliphatic rings. The van der Waals surface area contributed by atoms with E-state index in [1.807, 2.05) is 54.6 Å². The molecule has 0 saturated carbocycles.